The Morgan fingerprint density at radius 1 is 1.25 bits per heavy atom. The van der Waals surface area contributed by atoms with Crippen molar-refractivity contribution < 1.29 is 14.7 Å². The molecule has 0 aromatic heterocycles. The number of carbonyl (C=O) groups is 2. The summed E-state index contributed by atoms with van der Waals surface area (Å²) < 4.78 is 0. The summed E-state index contributed by atoms with van der Waals surface area (Å²) in [6.07, 6.45) is 1.99. The maximum atomic E-state index is 11.6. The van der Waals surface area contributed by atoms with Crippen LogP contribution in [0.2, 0.25) is 0 Å². The summed E-state index contributed by atoms with van der Waals surface area (Å²) in [5.74, 6) is -1.01. The summed E-state index contributed by atoms with van der Waals surface area (Å²) in [4.78, 5) is 22.3. The van der Waals surface area contributed by atoms with Crippen LogP contribution < -0.4 is 10.6 Å². The molecule has 0 saturated carbocycles. The van der Waals surface area contributed by atoms with Crippen molar-refractivity contribution in [3.05, 3.63) is 0 Å². The van der Waals surface area contributed by atoms with E-state index >= 15 is 0 Å². The van der Waals surface area contributed by atoms with Gasteiger partial charge in [0.05, 0.1) is 0 Å². The van der Waals surface area contributed by atoms with Crippen LogP contribution in [0.5, 0.6) is 0 Å². The third-order valence-corrected chi connectivity index (χ3v) is 2.99. The van der Waals surface area contributed by atoms with Crippen molar-refractivity contribution in [3.63, 3.8) is 0 Å². The summed E-state index contributed by atoms with van der Waals surface area (Å²) in [5, 5.41) is 14.0. The molecule has 0 rings (SSSR count). The number of carboxylic acids is 1. The molecule has 0 aromatic carbocycles. The summed E-state index contributed by atoms with van der Waals surface area (Å²) in [6.45, 7) is 7.63. The first kappa shape index (κ1) is 14.7. The van der Waals surface area contributed by atoms with E-state index in [1.165, 1.54) is 0 Å². The van der Waals surface area contributed by atoms with Gasteiger partial charge in [0.2, 0.25) is 0 Å². The number of aliphatic carboxylic acids is 1. The molecule has 0 aliphatic carbocycles. The lowest BCUT2D eigenvalue weighted by atomic mass is 9.96. The Morgan fingerprint density at radius 3 is 2.06 bits per heavy atom. The molecule has 0 spiro atoms. The SMILES string of the molecule is CC[C@H](NC(=O)NC(C)(CC)CC)C(=O)O. The van der Waals surface area contributed by atoms with Gasteiger partial charge in [-0.25, -0.2) is 9.59 Å². The number of carboxylic acid groups (broad SMARTS) is 1. The highest BCUT2D eigenvalue weighted by molar-refractivity contribution is 5.82. The lowest BCUT2D eigenvalue weighted by Crippen LogP contribution is -2.53. The van der Waals surface area contributed by atoms with Gasteiger partial charge in [0.15, 0.2) is 0 Å². The summed E-state index contributed by atoms with van der Waals surface area (Å²) >= 11 is 0. The third kappa shape index (κ3) is 4.51. The van der Waals surface area contributed by atoms with Gasteiger partial charge in [0.25, 0.3) is 0 Å². The molecule has 0 aromatic rings. The van der Waals surface area contributed by atoms with E-state index in [1.54, 1.807) is 6.92 Å². The predicted molar refractivity (Wildman–Crippen MR) is 62.4 cm³/mol. The second-order valence-corrected chi connectivity index (χ2v) is 4.17. The fourth-order valence-electron chi connectivity index (χ4n) is 1.23. The number of urea groups is 1. The largest absolute Gasteiger partial charge is 0.480 e. The molecule has 0 aliphatic heterocycles. The van der Waals surface area contributed by atoms with Crippen molar-refractivity contribution in [2.24, 2.45) is 0 Å². The Morgan fingerprint density at radius 2 is 1.75 bits per heavy atom. The molecule has 16 heavy (non-hydrogen) atoms. The first-order valence-corrected chi connectivity index (χ1v) is 5.70. The molecule has 94 valence electrons. The third-order valence-electron chi connectivity index (χ3n) is 2.99. The van der Waals surface area contributed by atoms with Crippen molar-refractivity contribution in [1.29, 1.82) is 0 Å². The zero-order valence-electron chi connectivity index (χ0n) is 10.5. The molecule has 0 fully saturated rings. The average Bonchev–Trinajstić information content (AvgIpc) is 2.25. The Balaban J connectivity index is 4.31. The zero-order valence-corrected chi connectivity index (χ0v) is 10.5. The van der Waals surface area contributed by atoms with E-state index in [0.717, 1.165) is 12.8 Å². The molecular formula is C11H22N2O3. The van der Waals surface area contributed by atoms with E-state index in [4.69, 9.17) is 5.11 Å². The molecule has 2 amide bonds. The highest BCUT2D eigenvalue weighted by Crippen LogP contribution is 2.13. The molecule has 5 nitrogen and oxygen atoms in total. The van der Waals surface area contributed by atoms with Crippen LogP contribution in [-0.2, 0) is 4.79 Å². The quantitative estimate of drug-likeness (QED) is 0.650. The molecule has 5 heteroatoms. The normalized spacial score (nSPS) is 13.0. The van der Waals surface area contributed by atoms with Crippen molar-refractivity contribution in [3.8, 4) is 0 Å². The van der Waals surface area contributed by atoms with Gasteiger partial charge in [-0.3, -0.25) is 0 Å². The standard InChI is InChI=1S/C11H22N2O3/c1-5-8(9(14)15)12-10(16)13-11(4,6-2)7-3/h8H,5-7H2,1-4H3,(H,14,15)(H2,12,13,16)/t8-/m0/s1. The minimum Gasteiger partial charge on any atom is -0.480 e. The summed E-state index contributed by atoms with van der Waals surface area (Å²) in [5.41, 5.74) is -0.277. The number of carbonyl (C=O) groups excluding carboxylic acids is 1. The van der Waals surface area contributed by atoms with Crippen LogP contribution in [0.1, 0.15) is 47.0 Å². The number of amides is 2. The van der Waals surface area contributed by atoms with Gasteiger partial charge in [-0.1, -0.05) is 20.8 Å². The van der Waals surface area contributed by atoms with Gasteiger partial charge >= 0.3 is 12.0 Å². The first-order valence-electron chi connectivity index (χ1n) is 5.70. The lowest BCUT2D eigenvalue weighted by molar-refractivity contribution is -0.139. The fourth-order valence-corrected chi connectivity index (χ4v) is 1.23. The van der Waals surface area contributed by atoms with Gasteiger partial charge in [0, 0.05) is 5.54 Å². The van der Waals surface area contributed by atoms with Crippen LogP contribution in [-0.4, -0.2) is 28.7 Å². The summed E-state index contributed by atoms with van der Waals surface area (Å²) in [6, 6.07) is -1.24. The average molecular weight is 230 g/mol. The maximum absolute atomic E-state index is 11.6. The first-order chi connectivity index (χ1) is 7.38. The smallest absolute Gasteiger partial charge is 0.326 e. The van der Waals surface area contributed by atoms with Crippen molar-refractivity contribution in [2.75, 3.05) is 0 Å². The fraction of sp³-hybridized carbons (Fsp3) is 0.818. The number of hydrogen-bond donors (Lipinski definition) is 3. The van der Waals surface area contributed by atoms with Crippen LogP contribution in [0.4, 0.5) is 4.79 Å². The van der Waals surface area contributed by atoms with Crippen LogP contribution in [0, 0.1) is 0 Å². The van der Waals surface area contributed by atoms with Gasteiger partial charge in [-0.15, -0.1) is 0 Å². The van der Waals surface area contributed by atoms with Gasteiger partial charge < -0.3 is 15.7 Å². The van der Waals surface area contributed by atoms with Crippen LogP contribution >= 0.6 is 0 Å². The minimum absolute atomic E-state index is 0.277. The van der Waals surface area contributed by atoms with E-state index in [0.29, 0.717) is 6.42 Å². The van der Waals surface area contributed by atoms with E-state index in [1.807, 2.05) is 20.8 Å². The Kier molecular flexibility index (Phi) is 5.85. The van der Waals surface area contributed by atoms with Crippen LogP contribution in [0.25, 0.3) is 0 Å². The molecule has 3 N–H and O–H groups in total. The Bertz CT molecular complexity index is 250. The van der Waals surface area contributed by atoms with Gasteiger partial charge in [-0.05, 0) is 26.2 Å². The molecule has 1 atom stereocenters. The molecule has 0 radical (unpaired) electrons. The predicted octanol–water partition coefficient (Wildman–Crippen LogP) is 1.73. The number of hydrogen-bond acceptors (Lipinski definition) is 2. The molecule has 0 unspecified atom stereocenters. The molecule has 0 aliphatic rings. The monoisotopic (exact) mass is 230 g/mol. The minimum atomic E-state index is -1.01. The number of nitrogens with one attached hydrogen (secondary N) is 2. The van der Waals surface area contributed by atoms with E-state index in [2.05, 4.69) is 10.6 Å². The van der Waals surface area contributed by atoms with E-state index < -0.39 is 18.0 Å². The summed E-state index contributed by atoms with van der Waals surface area (Å²) in [7, 11) is 0. The Labute approximate surface area is 96.6 Å². The molecule has 0 heterocycles. The zero-order chi connectivity index (χ0) is 12.8. The highest BCUT2D eigenvalue weighted by Gasteiger charge is 2.24. The van der Waals surface area contributed by atoms with Crippen molar-refractivity contribution in [1.82, 2.24) is 10.6 Å². The van der Waals surface area contributed by atoms with Gasteiger partial charge in [-0.2, -0.15) is 0 Å². The van der Waals surface area contributed by atoms with Crippen molar-refractivity contribution in [2.45, 2.75) is 58.5 Å². The lowest BCUT2D eigenvalue weighted by Gasteiger charge is -2.29. The van der Waals surface area contributed by atoms with E-state index in [9.17, 15) is 9.59 Å². The van der Waals surface area contributed by atoms with E-state index in [-0.39, 0.29) is 5.54 Å². The van der Waals surface area contributed by atoms with Crippen molar-refractivity contribution >= 4 is 12.0 Å². The number of rotatable bonds is 6. The molecule has 0 bridgehead atoms. The highest BCUT2D eigenvalue weighted by atomic mass is 16.4. The van der Waals surface area contributed by atoms with Crippen LogP contribution in [0.15, 0.2) is 0 Å². The maximum Gasteiger partial charge on any atom is 0.326 e. The second kappa shape index (κ2) is 6.35. The molecular weight excluding hydrogens is 208 g/mol. The van der Waals surface area contributed by atoms with Crippen LogP contribution in [0.3, 0.4) is 0 Å². The second-order valence-electron chi connectivity index (χ2n) is 4.17. The molecule has 0 saturated heterocycles. The van der Waals surface area contributed by atoms with Gasteiger partial charge in [0.1, 0.15) is 6.04 Å². The topological polar surface area (TPSA) is 78.4 Å². The Hall–Kier alpha value is -1.26.